The first-order chi connectivity index (χ1) is 8.17. The molecule has 0 spiro atoms. The topological polar surface area (TPSA) is 80.2 Å². The number of hydrogen-bond acceptors (Lipinski definition) is 6. The molecule has 6 nitrogen and oxygen atoms in total. The fraction of sp³-hybridized carbons (Fsp3) is 0.700. The minimum atomic E-state index is -0.311. The van der Waals surface area contributed by atoms with Gasteiger partial charge in [0.15, 0.2) is 0 Å². The number of halogens is 1. The van der Waals surface area contributed by atoms with Crippen LogP contribution >= 0.6 is 11.6 Å². The van der Waals surface area contributed by atoms with Crippen LogP contribution in [-0.4, -0.2) is 38.8 Å². The van der Waals surface area contributed by atoms with Gasteiger partial charge in [-0.1, -0.05) is 0 Å². The molecule has 2 rings (SSSR count). The molecule has 0 bridgehead atoms. The molecule has 1 heterocycles. The third-order valence-corrected chi connectivity index (χ3v) is 3.02. The highest BCUT2D eigenvalue weighted by Crippen LogP contribution is 2.34. The molecular weight excluding hydrogens is 244 g/mol. The van der Waals surface area contributed by atoms with Gasteiger partial charge in [0, 0.05) is 0 Å². The largest absolute Gasteiger partial charge is 0.464 e. The summed E-state index contributed by atoms with van der Waals surface area (Å²) < 4.78 is 5.18. The molecule has 0 saturated heterocycles. The summed E-state index contributed by atoms with van der Waals surface area (Å²) in [6, 6.07) is 0.197. The summed E-state index contributed by atoms with van der Waals surface area (Å²) in [4.78, 5) is 11.9. The van der Waals surface area contributed by atoms with Gasteiger partial charge < -0.3 is 15.2 Å². The lowest BCUT2D eigenvalue weighted by Crippen LogP contribution is -2.48. The maximum Gasteiger partial charge on any atom is 0.322 e. The zero-order valence-corrected chi connectivity index (χ0v) is 10.4. The van der Waals surface area contributed by atoms with Gasteiger partial charge in [-0.3, -0.25) is 0 Å². The average molecular weight is 259 g/mol. The second-order valence-electron chi connectivity index (χ2n) is 4.06. The van der Waals surface area contributed by atoms with Crippen molar-refractivity contribution >= 4 is 17.5 Å². The van der Waals surface area contributed by atoms with E-state index in [0.29, 0.717) is 12.6 Å². The van der Waals surface area contributed by atoms with Gasteiger partial charge in [-0.05, 0) is 37.8 Å². The Morgan fingerprint density at radius 2 is 2.18 bits per heavy atom. The van der Waals surface area contributed by atoms with E-state index >= 15 is 0 Å². The number of anilines is 1. The van der Waals surface area contributed by atoms with Gasteiger partial charge in [-0.2, -0.15) is 15.0 Å². The predicted molar refractivity (Wildman–Crippen MR) is 63.3 cm³/mol. The zero-order chi connectivity index (χ0) is 12.3. The summed E-state index contributed by atoms with van der Waals surface area (Å²) in [7, 11) is 0. The molecule has 17 heavy (non-hydrogen) atoms. The first-order valence-corrected chi connectivity index (χ1v) is 5.99. The summed E-state index contributed by atoms with van der Waals surface area (Å²) in [5.41, 5.74) is -0.311. The smallest absolute Gasteiger partial charge is 0.322 e. The number of aliphatic hydroxyl groups is 1. The van der Waals surface area contributed by atoms with E-state index in [9.17, 15) is 5.11 Å². The van der Waals surface area contributed by atoms with Crippen LogP contribution in [0.25, 0.3) is 0 Å². The monoisotopic (exact) mass is 258 g/mol. The summed E-state index contributed by atoms with van der Waals surface area (Å²) in [5, 5.41) is 12.5. The Labute approximate surface area is 104 Å². The van der Waals surface area contributed by atoms with E-state index in [1.54, 1.807) is 0 Å². The van der Waals surface area contributed by atoms with Gasteiger partial charge in [0.25, 0.3) is 0 Å². The number of ether oxygens (including phenoxy) is 1. The van der Waals surface area contributed by atoms with Crippen molar-refractivity contribution in [2.45, 2.75) is 31.7 Å². The van der Waals surface area contributed by atoms with Crippen molar-refractivity contribution in [1.29, 1.82) is 0 Å². The van der Waals surface area contributed by atoms with E-state index in [1.807, 2.05) is 6.92 Å². The Bertz CT molecular complexity index is 392. The highest BCUT2D eigenvalue weighted by Gasteiger charge is 2.37. The van der Waals surface area contributed by atoms with E-state index in [0.717, 1.165) is 19.3 Å². The quantitative estimate of drug-likeness (QED) is 0.827. The Morgan fingerprint density at radius 1 is 1.41 bits per heavy atom. The molecule has 1 aromatic heterocycles. The molecule has 1 aliphatic carbocycles. The molecule has 0 atom stereocenters. The number of rotatable bonds is 5. The fourth-order valence-electron chi connectivity index (χ4n) is 1.74. The second kappa shape index (κ2) is 5.01. The van der Waals surface area contributed by atoms with E-state index in [2.05, 4.69) is 20.3 Å². The minimum Gasteiger partial charge on any atom is -0.464 e. The van der Waals surface area contributed by atoms with Gasteiger partial charge in [0.2, 0.25) is 11.2 Å². The molecule has 1 aliphatic rings. The maximum atomic E-state index is 9.34. The highest BCUT2D eigenvalue weighted by atomic mass is 35.5. The standard InChI is InChI=1S/C10H15ClN4O2/c1-2-17-9-13-7(11)12-8(14-9)15-10(6-16)4-3-5-10/h16H,2-6H2,1H3,(H,12,13,14,15). The first kappa shape index (κ1) is 12.3. The van der Waals surface area contributed by atoms with Crippen molar-refractivity contribution in [3.63, 3.8) is 0 Å². The Kier molecular flexibility index (Phi) is 3.63. The van der Waals surface area contributed by atoms with Crippen LogP contribution < -0.4 is 10.1 Å². The van der Waals surface area contributed by atoms with Crippen LogP contribution in [0.15, 0.2) is 0 Å². The van der Waals surface area contributed by atoms with E-state index in [-0.39, 0.29) is 23.4 Å². The van der Waals surface area contributed by atoms with Gasteiger partial charge >= 0.3 is 6.01 Å². The molecule has 1 saturated carbocycles. The third kappa shape index (κ3) is 2.76. The Hall–Kier alpha value is -1.14. The Morgan fingerprint density at radius 3 is 2.71 bits per heavy atom. The van der Waals surface area contributed by atoms with Crippen molar-refractivity contribution in [3.05, 3.63) is 5.28 Å². The van der Waals surface area contributed by atoms with Crippen LogP contribution in [-0.2, 0) is 0 Å². The van der Waals surface area contributed by atoms with Gasteiger partial charge in [-0.25, -0.2) is 0 Å². The van der Waals surface area contributed by atoms with Crippen LogP contribution in [0.4, 0.5) is 5.95 Å². The SMILES string of the molecule is CCOc1nc(Cl)nc(NC2(CO)CCC2)n1. The van der Waals surface area contributed by atoms with Crippen LogP contribution in [0.1, 0.15) is 26.2 Å². The van der Waals surface area contributed by atoms with Crippen LogP contribution in [0.3, 0.4) is 0 Å². The van der Waals surface area contributed by atoms with E-state index in [4.69, 9.17) is 16.3 Å². The van der Waals surface area contributed by atoms with Crippen molar-refractivity contribution in [3.8, 4) is 6.01 Å². The Balaban J connectivity index is 2.14. The number of nitrogens with zero attached hydrogens (tertiary/aromatic N) is 3. The van der Waals surface area contributed by atoms with E-state index < -0.39 is 0 Å². The van der Waals surface area contributed by atoms with Gasteiger partial charge in [0.1, 0.15) is 0 Å². The van der Waals surface area contributed by atoms with Crippen molar-refractivity contribution in [2.24, 2.45) is 0 Å². The number of aliphatic hydroxyl groups excluding tert-OH is 1. The third-order valence-electron chi connectivity index (χ3n) is 2.85. The molecule has 7 heteroatoms. The maximum absolute atomic E-state index is 9.34. The lowest BCUT2D eigenvalue weighted by atomic mass is 9.77. The summed E-state index contributed by atoms with van der Waals surface area (Å²) in [6.45, 7) is 2.36. The molecule has 0 radical (unpaired) electrons. The summed E-state index contributed by atoms with van der Waals surface area (Å²) in [6.07, 6.45) is 2.89. The van der Waals surface area contributed by atoms with Crippen LogP contribution in [0, 0.1) is 0 Å². The van der Waals surface area contributed by atoms with Gasteiger partial charge in [0.05, 0.1) is 18.8 Å². The van der Waals surface area contributed by atoms with Crippen LogP contribution in [0.2, 0.25) is 5.28 Å². The van der Waals surface area contributed by atoms with Crippen LogP contribution in [0.5, 0.6) is 6.01 Å². The number of aromatic nitrogens is 3. The summed E-state index contributed by atoms with van der Waals surface area (Å²) >= 11 is 5.77. The van der Waals surface area contributed by atoms with Crippen molar-refractivity contribution in [2.75, 3.05) is 18.5 Å². The molecule has 1 aromatic rings. The average Bonchev–Trinajstić information content (AvgIpc) is 2.23. The molecule has 0 amide bonds. The van der Waals surface area contributed by atoms with Crippen molar-refractivity contribution in [1.82, 2.24) is 15.0 Å². The summed E-state index contributed by atoms with van der Waals surface area (Å²) in [5.74, 6) is 0.349. The highest BCUT2D eigenvalue weighted by molar-refractivity contribution is 6.28. The lowest BCUT2D eigenvalue weighted by Gasteiger charge is -2.40. The zero-order valence-electron chi connectivity index (χ0n) is 9.61. The lowest BCUT2D eigenvalue weighted by molar-refractivity contribution is 0.143. The molecule has 1 fully saturated rings. The number of hydrogen-bond donors (Lipinski definition) is 2. The minimum absolute atomic E-state index is 0.0558. The first-order valence-electron chi connectivity index (χ1n) is 5.61. The molecular formula is C10H15ClN4O2. The van der Waals surface area contributed by atoms with Crippen molar-refractivity contribution < 1.29 is 9.84 Å². The predicted octanol–water partition coefficient (Wildman–Crippen LogP) is 1.25. The fourth-order valence-corrected chi connectivity index (χ4v) is 1.90. The van der Waals surface area contributed by atoms with E-state index in [1.165, 1.54) is 0 Å². The molecule has 0 aromatic carbocycles. The van der Waals surface area contributed by atoms with Gasteiger partial charge in [-0.15, -0.1) is 0 Å². The molecule has 2 N–H and O–H groups in total. The normalized spacial score (nSPS) is 17.4. The molecule has 0 unspecified atom stereocenters. The second-order valence-corrected chi connectivity index (χ2v) is 4.40. The molecule has 94 valence electrons. The number of nitrogens with one attached hydrogen (secondary N) is 1. The molecule has 0 aliphatic heterocycles.